The molecule has 0 radical (unpaired) electrons. The van der Waals surface area contributed by atoms with Crippen molar-refractivity contribution in [3.05, 3.63) is 59.7 Å². The van der Waals surface area contributed by atoms with Gasteiger partial charge in [0.05, 0.1) is 20.6 Å². The average molecular weight is 567 g/mol. The lowest BCUT2D eigenvalue weighted by atomic mass is 10.1. The van der Waals surface area contributed by atoms with Gasteiger partial charge in [-0.15, -0.1) is 0 Å². The Kier molecular flexibility index (Phi) is 12.4. The third-order valence-corrected chi connectivity index (χ3v) is 6.05. The number of esters is 2. The van der Waals surface area contributed by atoms with Crippen molar-refractivity contribution in [2.45, 2.75) is 46.2 Å². The van der Waals surface area contributed by atoms with Crippen molar-refractivity contribution in [2.24, 2.45) is 23.3 Å². The van der Waals surface area contributed by atoms with Gasteiger partial charge in [0, 0.05) is 0 Å². The average Bonchev–Trinajstić information content (AvgIpc) is 2.94. The van der Waals surface area contributed by atoms with Crippen molar-refractivity contribution in [1.82, 2.24) is 0 Å². The van der Waals surface area contributed by atoms with Crippen LogP contribution in [0.4, 0.5) is 0 Å². The summed E-state index contributed by atoms with van der Waals surface area (Å²) in [4.78, 5) is 49.1. The Morgan fingerprint density at radius 1 is 0.659 bits per heavy atom. The van der Waals surface area contributed by atoms with E-state index in [1.165, 1.54) is 38.5 Å². The van der Waals surface area contributed by atoms with Crippen molar-refractivity contribution in [2.75, 3.05) is 14.2 Å². The van der Waals surface area contributed by atoms with Crippen molar-refractivity contribution in [3.8, 4) is 23.0 Å². The van der Waals surface area contributed by atoms with Crippen LogP contribution in [0.1, 0.15) is 45.2 Å². The lowest BCUT2D eigenvalue weighted by molar-refractivity contribution is -0.137. The Morgan fingerprint density at radius 2 is 1.02 bits per heavy atom. The van der Waals surface area contributed by atoms with Crippen molar-refractivity contribution < 1.29 is 38.1 Å². The first-order valence-corrected chi connectivity index (χ1v) is 13.1. The van der Waals surface area contributed by atoms with E-state index in [-0.39, 0.29) is 29.8 Å². The first-order valence-electron chi connectivity index (χ1n) is 13.1. The number of rotatable bonds is 14. The molecule has 2 rings (SSSR count). The molecule has 4 N–H and O–H groups in total. The molecule has 0 aliphatic carbocycles. The lowest BCUT2D eigenvalue weighted by Crippen LogP contribution is -2.38. The van der Waals surface area contributed by atoms with Gasteiger partial charge >= 0.3 is 11.9 Å². The fourth-order valence-electron chi connectivity index (χ4n) is 3.31. The molecular formula is C31H38N2O8. The maximum absolute atomic E-state index is 12.4. The molecule has 0 aromatic heterocycles. The smallest absolute Gasteiger partial charge is 0.328 e. The maximum Gasteiger partial charge on any atom is 0.328 e. The van der Waals surface area contributed by atoms with Crippen molar-refractivity contribution in [3.63, 3.8) is 0 Å². The molecule has 0 saturated heterocycles. The van der Waals surface area contributed by atoms with Gasteiger partial charge in [-0.05, 0) is 59.4 Å². The van der Waals surface area contributed by atoms with E-state index in [1.807, 2.05) is 27.7 Å². The highest BCUT2D eigenvalue weighted by molar-refractivity contribution is 6.10. The predicted octanol–water partition coefficient (Wildman–Crippen LogP) is 3.74. The summed E-state index contributed by atoms with van der Waals surface area (Å²) in [6.45, 7) is 7.26. The predicted molar refractivity (Wildman–Crippen MR) is 156 cm³/mol. The molecule has 41 heavy (non-hydrogen) atoms. The molecule has 2 unspecified atom stereocenters. The Hall–Kier alpha value is -4.28. The Labute approximate surface area is 240 Å². The van der Waals surface area contributed by atoms with Gasteiger partial charge in [-0.2, -0.15) is 0 Å². The first kappa shape index (κ1) is 32.9. The molecular weight excluding hydrogens is 528 g/mol. The number of hydrogen-bond donors (Lipinski definition) is 2. The number of allylic oxidation sites excluding steroid dienone is 2. The maximum atomic E-state index is 12.4. The van der Waals surface area contributed by atoms with Crippen LogP contribution in [0.2, 0.25) is 0 Å². The number of hydrogen-bond acceptors (Lipinski definition) is 10. The highest BCUT2D eigenvalue weighted by atomic mass is 16.6. The minimum atomic E-state index is -0.774. The monoisotopic (exact) mass is 566 g/mol. The quantitative estimate of drug-likeness (QED) is 0.149. The van der Waals surface area contributed by atoms with Crippen LogP contribution < -0.4 is 30.4 Å². The van der Waals surface area contributed by atoms with E-state index < -0.39 is 35.6 Å². The molecule has 0 fully saturated rings. The zero-order valence-electron chi connectivity index (χ0n) is 24.2. The van der Waals surface area contributed by atoms with E-state index in [2.05, 4.69) is 0 Å². The second-order valence-corrected chi connectivity index (χ2v) is 9.98. The van der Waals surface area contributed by atoms with Crippen molar-refractivity contribution >= 4 is 35.7 Å². The summed E-state index contributed by atoms with van der Waals surface area (Å²) in [6, 6.07) is 8.01. The number of carbonyl (C=O) groups excluding carboxylic acids is 4. The Balaban J connectivity index is 2.00. The lowest BCUT2D eigenvalue weighted by Gasteiger charge is -2.16. The number of ketones is 2. The highest BCUT2D eigenvalue weighted by Gasteiger charge is 2.22. The molecule has 10 heteroatoms. The molecule has 0 amide bonds. The van der Waals surface area contributed by atoms with E-state index in [0.29, 0.717) is 22.6 Å². The fraction of sp³-hybridized carbons (Fsp3) is 0.355. The molecule has 0 saturated carbocycles. The molecule has 0 heterocycles. The number of methoxy groups -OCH3 is 2. The normalized spacial score (nSPS) is 12.9. The number of nitrogens with two attached hydrogens (primary N) is 2. The van der Waals surface area contributed by atoms with E-state index in [1.54, 1.807) is 36.4 Å². The summed E-state index contributed by atoms with van der Waals surface area (Å²) >= 11 is 0. The van der Waals surface area contributed by atoms with Gasteiger partial charge in [-0.3, -0.25) is 9.59 Å². The SMILES string of the molecule is COc1cc(/C=C/C(=O)CC(=O)/C=C/c2ccc(OC(=O)C(N)C(C)C)c(OC)c2)ccc1OC(=O)C(N)C(C)C. The standard InChI is InChI=1S/C31H38N2O8/c1-18(2)28(32)30(36)40-24-13-9-20(15-26(24)38-5)7-11-22(34)17-23(35)12-8-21-10-14-25(27(16-21)39-6)41-31(37)29(33)19(3)4/h7-16,18-19,28-29H,17,32-33H2,1-6H3/b11-7+,12-8+. The summed E-state index contributed by atoms with van der Waals surface area (Å²) in [7, 11) is 2.85. The van der Waals surface area contributed by atoms with E-state index in [4.69, 9.17) is 30.4 Å². The van der Waals surface area contributed by atoms with Gasteiger partial charge in [0.2, 0.25) is 0 Å². The van der Waals surface area contributed by atoms with E-state index in [0.717, 1.165) is 0 Å². The van der Waals surface area contributed by atoms with Crippen LogP contribution in [0.5, 0.6) is 23.0 Å². The van der Waals surface area contributed by atoms with E-state index >= 15 is 0 Å². The summed E-state index contributed by atoms with van der Waals surface area (Å²) < 4.78 is 21.3. The second kappa shape index (κ2) is 15.5. The van der Waals surface area contributed by atoms with Crippen LogP contribution in [0.25, 0.3) is 12.2 Å². The Morgan fingerprint density at radius 3 is 1.34 bits per heavy atom. The van der Waals surface area contributed by atoms with Crippen LogP contribution in [0.15, 0.2) is 48.6 Å². The van der Waals surface area contributed by atoms with Gasteiger partial charge < -0.3 is 30.4 Å². The molecule has 2 aromatic carbocycles. The minimum absolute atomic E-state index is 0.0893. The summed E-state index contributed by atoms with van der Waals surface area (Å²) in [5.74, 6) is -1.14. The minimum Gasteiger partial charge on any atom is -0.493 e. The van der Waals surface area contributed by atoms with Gasteiger partial charge in [0.25, 0.3) is 0 Å². The molecule has 2 atom stereocenters. The molecule has 0 bridgehead atoms. The Bertz CT molecular complexity index is 1210. The van der Waals surface area contributed by atoms with Gasteiger partial charge in [-0.25, -0.2) is 9.59 Å². The molecule has 0 aliphatic heterocycles. The highest BCUT2D eigenvalue weighted by Crippen LogP contribution is 2.30. The largest absolute Gasteiger partial charge is 0.493 e. The second-order valence-electron chi connectivity index (χ2n) is 9.98. The molecule has 220 valence electrons. The van der Waals surface area contributed by atoms with E-state index in [9.17, 15) is 19.2 Å². The topological polar surface area (TPSA) is 157 Å². The zero-order chi connectivity index (χ0) is 30.7. The third-order valence-electron chi connectivity index (χ3n) is 6.05. The molecule has 0 aliphatic rings. The summed E-state index contributed by atoms with van der Waals surface area (Å²) in [5.41, 5.74) is 12.9. The van der Waals surface area contributed by atoms with Crippen LogP contribution in [0.3, 0.4) is 0 Å². The summed E-state index contributed by atoms with van der Waals surface area (Å²) in [5, 5.41) is 0. The molecule has 10 nitrogen and oxygen atoms in total. The number of benzene rings is 2. The van der Waals surface area contributed by atoms with Crippen LogP contribution in [-0.2, 0) is 19.2 Å². The van der Waals surface area contributed by atoms with Gasteiger partial charge in [0.1, 0.15) is 12.1 Å². The summed E-state index contributed by atoms with van der Waals surface area (Å²) in [6.07, 6.45) is 5.30. The fourth-order valence-corrected chi connectivity index (χ4v) is 3.31. The van der Waals surface area contributed by atoms with Crippen LogP contribution in [-0.4, -0.2) is 49.8 Å². The van der Waals surface area contributed by atoms with Crippen LogP contribution >= 0.6 is 0 Å². The molecule has 0 spiro atoms. The first-order chi connectivity index (χ1) is 19.4. The third kappa shape index (κ3) is 10.0. The van der Waals surface area contributed by atoms with Gasteiger partial charge in [-0.1, -0.05) is 52.0 Å². The molecule has 2 aromatic rings. The van der Waals surface area contributed by atoms with Crippen molar-refractivity contribution in [1.29, 1.82) is 0 Å². The van der Waals surface area contributed by atoms with Crippen LogP contribution in [0, 0.1) is 11.8 Å². The number of carbonyl (C=O) groups is 4. The zero-order valence-corrected chi connectivity index (χ0v) is 24.2. The number of ether oxygens (including phenoxy) is 4. The van der Waals surface area contributed by atoms with Gasteiger partial charge in [0.15, 0.2) is 34.6 Å².